The number of benzene rings is 1. The fourth-order valence-electron chi connectivity index (χ4n) is 2.25. The van der Waals surface area contributed by atoms with Crippen LogP contribution in [0, 0.1) is 0 Å². The zero-order chi connectivity index (χ0) is 17.8. The smallest absolute Gasteiger partial charge is 0.278 e. The Morgan fingerprint density at radius 3 is 2.80 bits per heavy atom. The molecule has 0 radical (unpaired) electrons. The predicted octanol–water partition coefficient (Wildman–Crippen LogP) is 1.79. The lowest BCUT2D eigenvalue weighted by Crippen LogP contribution is -2.14. The highest BCUT2D eigenvalue weighted by Crippen LogP contribution is 2.20. The second kappa shape index (κ2) is 7.39. The van der Waals surface area contributed by atoms with Gasteiger partial charge >= 0.3 is 0 Å². The topological polar surface area (TPSA) is 102 Å². The number of nitrogens with one attached hydrogen (secondary N) is 2. The van der Waals surface area contributed by atoms with Crippen LogP contribution < -0.4 is 15.6 Å². The summed E-state index contributed by atoms with van der Waals surface area (Å²) in [7, 11) is 1.76. The molecule has 0 bridgehead atoms. The summed E-state index contributed by atoms with van der Waals surface area (Å²) in [6.07, 6.45) is 1.33. The molecule has 0 atom stereocenters. The van der Waals surface area contributed by atoms with Gasteiger partial charge in [0.25, 0.3) is 5.56 Å². The molecule has 25 heavy (non-hydrogen) atoms. The highest BCUT2D eigenvalue weighted by atomic mass is 32.2. The van der Waals surface area contributed by atoms with Gasteiger partial charge in [-0.15, -0.1) is 0 Å². The maximum absolute atomic E-state index is 12.1. The summed E-state index contributed by atoms with van der Waals surface area (Å²) in [6.45, 7) is 2.51. The number of imidazole rings is 1. The van der Waals surface area contributed by atoms with Crippen LogP contribution in [0.3, 0.4) is 0 Å². The van der Waals surface area contributed by atoms with E-state index in [1.54, 1.807) is 35.9 Å². The zero-order valence-corrected chi connectivity index (χ0v) is 14.6. The summed E-state index contributed by atoms with van der Waals surface area (Å²) in [5, 5.41) is 3.37. The Kier molecular flexibility index (Phi) is 5.03. The Morgan fingerprint density at radius 2 is 2.12 bits per heavy atom. The van der Waals surface area contributed by atoms with Crippen LogP contribution in [-0.2, 0) is 11.8 Å². The van der Waals surface area contributed by atoms with E-state index in [1.807, 2.05) is 6.92 Å². The van der Waals surface area contributed by atoms with Gasteiger partial charge < -0.3 is 19.6 Å². The number of aromatic nitrogens is 4. The number of amides is 1. The number of hydrogen-bond acceptors (Lipinski definition) is 6. The van der Waals surface area contributed by atoms with Gasteiger partial charge in [0, 0.05) is 12.7 Å². The van der Waals surface area contributed by atoms with Gasteiger partial charge in [0.05, 0.1) is 18.7 Å². The first-order chi connectivity index (χ1) is 12.1. The van der Waals surface area contributed by atoms with Crippen molar-refractivity contribution in [3.8, 4) is 5.75 Å². The normalized spacial score (nSPS) is 10.8. The summed E-state index contributed by atoms with van der Waals surface area (Å²) in [5.41, 5.74) is 1.14. The van der Waals surface area contributed by atoms with Crippen LogP contribution in [0.4, 0.5) is 5.69 Å². The molecule has 1 aromatic carbocycles. The summed E-state index contributed by atoms with van der Waals surface area (Å²) < 4.78 is 7.05. The number of nitrogens with zero attached hydrogens (tertiary/aromatic N) is 3. The first-order valence-electron chi connectivity index (χ1n) is 7.64. The molecular formula is C16H17N5O3S. The van der Waals surface area contributed by atoms with Gasteiger partial charge in [0.1, 0.15) is 5.75 Å². The molecule has 2 aromatic heterocycles. The number of aryl methyl sites for hydroxylation is 1. The standard InChI is InChI=1S/C16H17N5O3S/c1-3-24-11-6-4-10(5-7-11)19-12(22)8-25-16-20-13-14(21(16)2)17-9-18-15(13)23/h4-7,9H,3,8H2,1-2H3,(H,19,22)(H,17,18,23). The van der Waals surface area contributed by atoms with Crippen LogP contribution >= 0.6 is 11.8 Å². The Bertz CT molecular complexity index is 949. The maximum atomic E-state index is 12.1. The van der Waals surface area contributed by atoms with E-state index < -0.39 is 0 Å². The van der Waals surface area contributed by atoms with E-state index in [1.165, 1.54) is 18.1 Å². The number of ether oxygens (including phenoxy) is 1. The monoisotopic (exact) mass is 359 g/mol. The van der Waals surface area contributed by atoms with E-state index in [-0.39, 0.29) is 22.7 Å². The van der Waals surface area contributed by atoms with Gasteiger partial charge in [-0.25, -0.2) is 9.97 Å². The van der Waals surface area contributed by atoms with Crippen molar-refractivity contribution in [2.75, 3.05) is 17.7 Å². The average molecular weight is 359 g/mol. The highest BCUT2D eigenvalue weighted by molar-refractivity contribution is 7.99. The highest BCUT2D eigenvalue weighted by Gasteiger charge is 2.13. The number of hydrogen-bond donors (Lipinski definition) is 2. The quantitative estimate of drug-likeness (QED) is 0.651. The molecule has 0 unspecified atom stereocenters. The number of carbonyl (C=O) groups is 1. The fourth-order valence-corrected chi connectivity index (χ4v) is 3.02. The minimum absolute atomic E-state index is 0.164. The predicted molar refractivity (Wildman–Crippen MR) is 96.1 cm³/mol. The average Bonchev–Trinajstić information content (AvgIpc) is 2.93. The van der Waals surface area contributed by atoms with E-state index in [2.05, 4.69) is 20.3 Å². The largest absolute Gasteiger partial charge is 0.494 e. The second-order valence-electron chi connectivity index (χ2n) is 5.15. The number of aromatic amines is 1. The van der Waals surface area contributed by atoms with Crippen LogP contribution in [-0.4, -0.2) is 37.8 Å². The first kappa shape index (κ1) is 17.0. The third-order valence-electron chi connectivity index (χ3n) is 3.40. The molecule has 0 aliphatic carbocycles. The van der Waals surface area contributed by atoms with Crippen LogP contribution in [0.5, 0.6) is 5.75 Å². The minimum atomic E-state index is -0.300. The Hall–Kier alpha value is -2.81. The maximum Gasteiger partial charge on any atom is 0.278 e. The number of fused-ring (bicyclic) bond motifs is 1. The molecule has 1 amide bonds. The number of carbonyl (C=O) groups excluding carboxylic acids is 1. The van der Waals surface area contributed by atoms with Gasteiger partial charge in [-0.3, -0.25) is 9.59 Å². The Labute approximate surface area is 147 Å². The third kappa shape index (κ3) is 3.82. The molecular weight excluding hydrogens is 342 g/mol. The number of H-pyrrole nitrogens is 1. The van der Waals surface area contributed by atoms with Crippen molar-refractivity contribution < 1.29 is 9.53 Å². The van der Waals surface area contributed by atoms with Crippen LogP contribution in [0.15, 0.2) is 40.5 Å². The minimum Gasteiger partial charge on any atom is -0.494 e. The van der Waals surface area contributed by atoms with Crippen molar-refractivity contribution in [2.24, 2.45) is 7.05 Å². The lowest BCUT2D eigenvalue weighted by atomic mass is 10.3. The fraction of sp³-hybridized carbons (Fsp3) is 0.250. The summed E-state index contributed by atoms with van der Waals surface area (Å²) in [6, 6.07) is 7.17. The molecule has 8 nitrogen and oxygen atoms in total. The zero-order valence-electron chi connectivity index (χ0n) is 13.8. The van der Waals surface area contributed by atoms with Crippen molar-refractivity contribution in [1.82, 2.24) is 19.5 Å². The lowest BCUT2D eigenvalue weighted by Gasteiger charge is -2.07. The van der Waals surface area contributed by atoms with E-state index >= 15 is 0 Å². The lowest BCUT2D eigenvalue weighted by molar-refractivity contribution is -0.113. The van der Waals surface area contributed by atoms with Gasteiger partial charge in [-0.1, -0.05) is 11.8 Å². The number of anilines is 1. The van der Waals surface area contributed by atoms with Crippen molar-refractivity contribution in [3.63, 3.8) is 0 Å². The van der Waals surface area contributed by atoms with Crippen LogP contribution in [0.25, 0.3) is 11.2 Å². The second-order valence-corrected chi connectivity index (χ2v) is 6.09. The molecule has 3 rings (SSSR count). The Morgan fingerprint density at radius 1 is 1.36 bits per heavy atom. The molecule has 3 aromatic rings. The van der Waals surface area contributed by atoms with E-state index in [4.69, 9.17) is 4.74 Å². The molecule has 0 fully saturated rings. The molecule has 130 valence electrons. The van der Waals surface area contributed by atoms with Gasteiger partial charge in [-0.05, 0) is 31.2 Å². The van der Waals surface area contributed by atoms with Crippen molar-refractivity contribution >= 4 is 34.5 Å². The molecule has 0 spiro atoms. The summed E-state index contributed by atoms with van der Waals surface area (Å²) in [5.74, 6) is 0.762. The molecule has 2 N–H and O–H groups in total. The van der Waals surface area contributed by atoms with E-state index in [0.717, 1.165) is 5.75 Å². The SMILES string of the molecule is CCOc1ccc(NC(=O)CSc2nc3c(=O)[nH]cnc3n2C)cc1. The summed E-state index contributed by atoms with van der Waals surface area (Å²) in [4.78, 5) is 34.7. The summed E-state index contributed by atoms with van der Waals surface area (Å²) >= 11 is 1.24. The van der Waals surface area contributed by atoms with Crippen LogP contribution in [0.1, 0.15) is 6.92 Å². The molecule has 9 heteroatoms. The number of thioether (sulfide) groups is 1. The Balaban J connectivity index is 1.63. The van der Waals surface area contributed by atoms with Gasteiger partial charge in [0.2, 0.25) is 5.91 Å². The van der Waals surface area contributed by atoms with E-state index in [0.29, 0.717) is 23.1 Å². The van der Waals surface area contributed by atoms with Crippen molar-refractivity contribution in [3.05, 3.63) is 40.9 Å². The van der Waals surface area contributed by atoms with Crippen molar-refractivity contribution in [2.45, 2.75) is 12.1 Å². The molecule has 0 aliphatic heterocycles. The third-order valence-corrected chi connectivity index (χ3v) is 4.43. The molecule has 0 saturated carbocycles. The van der Waals surface area contributed by atoms with Gasteiger partial charge in [-0.2, -0.15) is 0 Å². The van der Waals surface area contributed by atoms with Crippen molar-refractivity contribution in [1.29, 1.82) is 0 Å². The molecule has 0 aliphatic rings. The number of rotatable bonds is 6. The first-order valence-corrected chi connectivity index (χ1v) is 8.62. The van der Waals surface area contributed by atoms with Gasteiger partial charge in [0.15, 0.2) is 16.3 Å². The molecule has 2 heterocycles. The van der Waals surface area contributed by atoms with Crippen LogP contribution in [0.2, 0.25) is 0 Å². The molecule has 0 saturated heterocycles. The van der Waals surface area contributed by atoms with E-state index in [9.17, 15) is 9.59 Å².